The highest BCUT2D eigenvalue weighted by Crippen LogP contribution is 2.37. The largest absolute Gasteiger partial charge is 0.322 e. The molecule has 2 saturated heterocycles. The molecule has 4 rings (SSSR count). The fourth-order valence-electron chi connectivity index (χ4n) is 3.61. The molecule has 1 atom stereocenters. The number of rotatable bonds is 2. The van der Waals surface area contributed by atoms with Crippen LogP contribution in [0.3, 0.4) is 0 Å². The van der Waals surface area contributed by atoms with Gasteiger partial charge in [-0.15, -0.1) is 0 Å². The molecule has 0 radical (unpaired) electrons. The van der Waals surface area contributed by atoms with Crippen molar-refractivity contribution in [1.29, 1.82) is 0 Å². The first kappa shape index (κ1) is 13.8. The summed E-state index contributed by atoms with van der Waals surface area (Å²) < 4.78 is 48.8. The molecule has 3 heterocycles. The molecule has 1 aromatic rings. The van der Waals surface area contributed by atoms with E-state index in [-0.39, 0.29) is 30.5 Å². The van der Waals surface area contributed by atoms with Crippen LogP contribution in [0.25, 0.3) is 0 Å². The number of carbonyl (C=O) groups is 3. The van der Waals surface area contributed by atoms with Gasteiger partial charge in [-0.2, -0.15) is 0 Å². The summed E-state index contributed by atoms with van der Waals surface area (Å²) in [5.74, 6) is -3.76. The second-order valence-corrected chi connectivity index (χ2v) is 8.13. The summed E-state index contributed by atoms with van der Waals surface area (Å²) in [5, 5.41) is 2.20. The number of hydrogen-bond acceptors (Lipinski definition) is 4. The molecule has 3 amide bonds. The van der Waals surface area contributed by atoms with Crippen molar-refractivity contribution >= 4 is 17.7 Å². The van der Waals surface area contributed by atoms with E-state index in [1.165, 1.54) is 11.0 Å². The lowest BCUT2D eigenvalue weighted by Crippen LogP contribution is -2.54. The topological polar surface area (TPSA) is 69.7 Å². The number of benzene rings is 1. The molecular formula is C20H24FN3O3. The Hall–Kier alpha value is -2.28. The Morgan fingerprint density at radius 3 is 2.56 bits per heavy atom. The van der Waals surface area contributed by atoms with Crippen molar-refractivity contribution in [2.75, 3.05) is 13.0 Å². The Labute approximate surface area is 163 Å². The van der Waals surface area contributed by atoms with E-state index in [1.54, 1.807) is 20.8 Å². The first-order valence-corrected chi connectivity index (χ1v) is 8.94. The van der Waals surface area contributed by atoms with Crippen molar-refractivity contribution in [3.63, 3.8) is 0 Å². The van der Waals surface area contributed by atoms with E-state index in [1.807, 2.05) is 0 Å². The van der Waals surface area contributed by atoms with Crippen LogP contribution >= 0.6 is 0 Å². The van der Waals surface area contributed by atoms with Crippen LogP contribution in [0, 0.1) is 5.82 Å². The fourth-order valence-corrected chi connectivity index (χ4v) is 3.61. The highest BCUT2D eigenvalue weighted by Gasteiger charge is 2.41. The maximum absolute atomic E-state index is 15.1. The van der Waals surface area contributed by atoms with E-state index in [4.69, 9.17) is 5.48 Å². The van der Waals surface area contributed by atoms with Gasteiger partial charge in [0, 0.05) is 48.5 Å². The Morgan fingerprint density at radius 2 is 1.93 bits per heavy atom. The van der Waals surface area contributed by atoms with Gasteiger partial charge in [0.1, 0.15) is 11.9 Å². The van der Waals surface area contributed by atoms with Gasteiger partial charge in [-0.25, -0.2) is 4.39 Å². The van der Waals surface area contributed by atoms with E-state index in [0.717, 1.165) is 11.0 Å². The molecule has 0 aliphatic carbocycles. The van der Waals surface area contributed by atoms with Gasteiger partial charge in [-0.05, 0) is 50.5 Å². The second-order valence-electron chi connectivity index (χ2n) is 8.13. The van der Waals surface area contributed by atoms with Crippen LogP contribution < -0.4 is 5.32 Å². The van der Waals surface area contributed by atoms with Gasteiger partial charge in [0.15, 0.2) is 0 Å². The van der Waals surface area contributed by atoms with Crippen LogP contribution in [0.4, 0.5) is 4.39 Å². The lowest BCUT2D eigenvalue weighted by molar-refractivity contribution is -0.136. The minimum Gasteiger partial charge on any atom is -0.322 e. The van der Waals surface area contributed by atoms with Gasteiger partial charge in [0.2, 0.25) is 11.8 Å². The number of hydrogen-bond donors (Lipinski definition) is 1. The van der Waals surface area contributed by atoms with Crippen molar-refractivity contribution in [3.8, 4) is 0 Å². The Morgan fingerprint density at radius 1 is 1.22 bits per heavy atom. The SMILES string of the molecule is [2H]C1([2H])C(c2cc3c(cc2F)C(=O)N(C2CCC(=O)NC2=O)C3)C([2H])([2H])N1C(C)(C)C. The first-order chi connectivity index (χ1) is 14.2. The van der Waals surface area contributed by atoms with E-state index in [2.05, 4.69) is 5.32 Å². The van der Waals surface area contributed by atoms with Crippen molar-refractivity contribution in [3.05, 3.63) is 34.6 Å². The van der Waals surface area contributed by atoms with Crippen molar-refractivity contribution in [2.24, 2.45) is 0 Å². The molecule has 1 unspecified atom stereocenters. The zero-order valence-electron chi connectivity index (χ0n) is 19.4. The summed E-state index contributed by atoms with van der Waals surface area (Å²) in [4.78, 5) is 38.8. The summed E-state index contributed by atoms with van der Waals surface area (Å²) >= 11 is 0. The number of fused-ring (bicyclic) bond motifs is 1. The van der Waals surface area contributed by atoms with Gasteiger partial charge in [-0.3, -0.25) is 24.6 Å². The van der Waals surface area contributed by atoms with Gasteiger partial charge in [0.25, 0.3) is 5.91 Å². The maximum atomic E-state index is 15.1. The zero-order chi connectivity index (χ0) is 23.1. The van der Waals surface area contributed by atoms with Crippen LogP contribution in [-0.4, -0.2) is 52.1 Å². The first-order valence-electron chi connectivity index (χ1n) is 10.9. The molecule has 6 nitrogen and oxygen atoms in total. The lowest BCUT2D eigenvalue weighted by atomic mass is 9.85. The standard InChI is InChI=1S/C20H24FN3O3/c1-20(2,3)23-8-12(9-23)13-6-11-10-24(19(27)14(11)7-15(13)21)16-4-5-17(25)22-18(16)26/h6-7,12,16H,4-5,8-10H2,1-3H3,(H,22,25,26)/i8D2,9D2. The monoisotopic (exact) mass is 377 g/mol. The van der Waals surface area contributed by atoms with Gasteiger partial charge in [0.05, 0.1) is 0 Å². The number of piperidine rings is 1. The molecule has 144 valence electrons. The number of carbonyl (C=O) groups excluding carboxylic acids is 3. The Bertz CT molecular complexity index is 992. The summed E-state index contributed by atoms with van der Waals surface area (Å²) in [6.07, 6.45) is 0.273. The molecule has 0 saturated carbocycles. The average molecular weight is 377 g/mol. The Kier molecular flexibility index (Phi) is 3.13. The molecule has 0 spiro atoms. The number of imide groups is 1. The van der Waals surface area contributed by atoms with Gasteiger partial charge >= 0.3 is 0 Å². The molecular weight excluding hydrogens is 349 g/mol. The van der Waals surface area contributed by atoms with Crippen LogP contribution in [0.1, 0.15) is 66.5 Å². The van der Waals surface area contributed by atoms with Crippen LogP contribution in [-0.2, 0) is 16.1 Å². The third-order valence-electron chi connectivity index (χ3n) is 5.14. The number of amides is 3. The average Bonchev–Trinajstić information content (AvgIpc) is 2.88. The number of likely N-dealkylation sites (tertiary alicyclic amines) is 1. The predicted molar refractivity (Wildman–Crippen MR) is 96.5 cm³/mol. The number of nitrogens with one attached hydrogen (secondary N) is 1. The van der Waals surface area contributed by atoms with Crippen molar-refractivity contribution in [1.82, 2.24) is 15.1 Å². The summed E-state index contributed by atoms with van der Waals surface area (Å²) in [6, 6.07) is 1.50. The molecule has 7 heteroatoms. The molecule has 1 aromatic carbocycles. The van der Waals surface area contributed by atoms with Gasteiger partial charge < -0.3 is 4.90 Å². The molecule has 0 aromatic heterocycles. The van der Waals surface area contributed by atoms with E-state index in [9.17, 15) is 14.4 Å². The molecule has 3 aliphatic heterocycles. The number of halogens is 1. The Balaban J connectivity index is 1.68. The minimum absolute atomic E-state index is 0.00935. The molecule has 1 N–H and O–H groups in total. The van der Waals surface area contributed by atoms with Crippen LogP contribution in [0.2, 0.25) is 0 Å². The maximum Gasteiger partial charge on any atom is 0.255 e. The molecule has 3 aliphatic rings. The molecule has 2 fully saturated rings. The van der Waals surface area contributed by atoms with Crippen LogP contribution in [0.15, 0.2) is 12.1 Å². The summed E-state index contributed by atoms with van der Waals surface area (Å²) in [6.45, 7) is 0.804. The quantitative estimate of drug-likeness (QED) is 0.798. The third-order valence-corrected chi connectivity index (χ3v) is 5.14. The van der Waals surface area contributed by atoms with E-state index >= 15 is 4.39 Å². The van der Waals surface area contributed by atoms with Crippen LogP contribution in [0.5, 0.6) is 0 Å². The minimum atomic E-state index is -2.14. The smallest absolute Gasteiger partial charge is 0.255 e. The highest BCUT2D eigenvalue weighted by molar-refractivity contribution is 6.05. The highest BCUT2D eigenvalue weighted by atomic mass is 19.1. The van der Waals surface area contributed by atoms with E-state index < -0.39 is 54.0 Å². The number of nitrogens with zero attached hydrogens (tertiary/aromatic N) is 2. The molecule has 0 bridgehead atoms. The van der Waals surface area contributed by atoms with E-state index in [0.29, 0.717) is 5.56 Å². The van der Waals surface area contributed by atoms with Crippen molar-refractivity contribution < 1.29 is 24.3 Å². The normalized spacial score (nSPS) is 30.0. The predicted octanol–water partition coefficient (Wildman–Crippen LogP) is 1.78. The lowest BCUT2D eigenvalue weighted by Gasteiger charge is -2.48. The summed E-state index contributed by atoms with van der Waals surface area (Å²) in [5.41, 5.74) is -0.479. The van der Waals surface area contributed by atoms with Crippen molar-refractivity contribution in [2.45, 2.75) is 57.7 Å². The second kappa shape index (κ2) is 6.12. The third kappa shape index (κ3) is 3.04. The fraction of sp³-hybridized carbons (Fsp3) is 0.550. The zero-order valence-corrected chi connectivity index (χ0v) is 15.4. The molecule has 27 heavy (non-hydrogen) atoms. The van der Waals surface area contributed by atoms with Gasteiger partial charge in [-0.1, -0.05) is 0 Å². The summed E-state index contributed by atoms with van der Waals surface area (Å²) in [7, 11) is 0.